The molecule has 21 heavy (non-hydrogen) atoms. The van der Waals surface area contributed by atoms with Crippen molar-refractivity contribution in [3.63, 3.8) is 0 Å². The van der Waals surface area contributed by atoms with Crippen molar-refractivity contribution in [2.45, 2.75) is 0 Å². The van der Waals surface area contributed by atoms with E-state index in [0.717, 1.165) is 6.08 Å². The second-order valence-corrected chi connectivity index (χ2v) is 4.45. The lowest BCUT2D eigenvalue weighted by molar-refractivity contribution is -0.131. The molecule has 1 N–H and O–H groups in total. The Hall–Kier alpha value is -2.69. The lowest BCUT2D eigenvalue weighted by Gasteiger charge is -2.20. The smallest absolute Gasteiger partial charge is 0.328 e. The number of anilines is 2. The molecule has 5 heteroatoms. The van der Waals surface area contributed by atoms with E-state index in [1.54, 1.807) is 30.1 Å². The number of carbonyl (C=O) groups is 1. The molecule has 2 rings (SSSR count). The van der Waals surface area contributed by atoms with Gasteiger partial charge in [0.1, 0.15) is 11.6 Å². The van der Waals surface area contributed by atoms with Crippen molar-refractivity contribution in [2.24, 2.45) is 0 Å². The largest absolute Gasteiger partial charge is 0.478 e. The van der Waals surface area contributed by atoms with Crippen molar-refractivity contribution < 1.29 is 18.7 Å². The maximum Gasteiger partial charge on any atom is 0.328 e. The van der Waals surface area contributed by atoms with Gasteiger partial charge < -0.3 is 10.0 Å². The fraction of sp³-hybridized carbons (Fsp3) is 0.0625. The number of carboxylic acids is 1. The number of halogens is 2. The van der Waals surface area contributed by atoms with Crippen LogP contribution in [0.3, 0.4) is 0 Å². The first kappa shape index (κ1) is 14.7. The Morgan fingerprint density at radius 1 is 1.05 bits per heavy atom. The third kappa shape index (κ3) is 3.89. The lowest BCUT2D eigenvalue weighted by atomic mass is 10.1. The number of benzene rings is 2. The van der Waals surface area contributed by atoms with Gasteiger partial charge in [0, 0.05) is 24.5 Å². The zero-order chi connectivity index (χ0) is 15.4. The van der Waals surface area contributed by atoms with Gasteiger partial charge in [-0.1, -0.05) is 0 Å². The van der Waals surface area contributed by atoms with Crippen LogP contribution in [-0.4, -0.2) is 18.1 Å². The van der Waals surface area contributed by atoms with Gasteiger partial charge in [-0.2, -0.15) is 0 Å². The third-order valence-corrected chi connectivity index (χ3v) is 2.92. The Kier molecular flexibility index (Phi) is 4.33. The molecule has 108 valence electrons. The molecule has 0 unspecified atom stereocenters. The van der Waals surface area contributed by atoms with E-state index in [0.29, 0.717) is 16.9 Å². The number of rotatable bonds is 4. The molecule has 0 saturated heterocycles. The summed E-state index contributed by atoms with van der Waals surface area (Å²) >= 11 is 0. The molecular weight excluding hydrogens is 276 g/mol. The van der Waals surface area contributed by atoms with Crippen LogP contribution >= 0.6 is 0 Å². The Morgan fingerprint density at radius 3 is 2.33 bits per heavy atom. The van der Waals surface area contributed by atoms with E-state index in [9.17, 15) is 13.6 Å². The molecule has 0 aliphatic carbocycles. The van der Waals surface area contributed by atoms with Gasteiger partial charge in [0.15, 0.2) is 0 Å². The topological polar surface area (TPSA) is 40.5 Å². The molecule has 2 aromatic carbocycles. The van der Waals surface area contributed by atoms with Gasteiger partial charge in [0.2, 0.25) is 0 Å². The van der Waals surface area contributed by atoms with E-state index in [1.165, 1.54) is 30.3 Å². The van der Waals surface area contributed by atoms with E-state index in [1.807, 2.05) is 0 Å². The van der Waals surface area contributed by atoms with Gasteiger partial charge in [-0.25, -0.2) is 13.6 Å². The van der Waals surface area contributed by atoms with Crippen LogP contribution in [0, 0.1) is 11.6 Å². The minimum Gasteiger partial charge on any atom is -0.478 e. The highest BCUT2D eigenvalue weighted by molar-refractivity contribution is 5.85. The van der Waals surface area contributed by atoms with E-state index in [2.05, 4.69) is 0 Å². The molecule has 0 heterocycles. The minimum absolute atomic E-state index is 0.350. The fourth-order valence-corrected chi connectivity index (χ4v) is 1.87. The Bertz CT molecular complexity index is 681. The Labute approximate surface area is 120 Å². The number of carboxylic acid groups (broad SMARTS) is 1. The SMILES string of the molecule is CN(c1ccc(F)cc1)c1cc(F)cc(/C=C/C(=O)O)c1. The molecule has 0 aliphatic rings. The van der Waals surface area contributed by atoms with E-state index in [4.69, 9.17) is 5.11 Å². The Balaban J connectivity index is 2.34. The number of hydrogen-bond acceptors (Lipinski definition) is 2. The van der Waals surface area contributed by atoms with Crippen LogP contribution in [0.4, 0.5) is 20.2 Å². The van der Waals surface area contributed by atoms with Gasteiger partial charge in [-0.3, -0.25) is 0 Å². The molecular formula is C16H13F2NO2. The normalized spacial score (nSPS) is 10.8. The maximum atomic E-state index is 13.6. The molecule has 0 aromatic heterocycles. The highest BCUT2D eigenvalue weighted by Gasteiger charge is 2.07. The first-order valence-electron chi connectivity index (χ1n) is 6.16. The maximum absolute atomic E-state index is 13.6. The van der Waals surface area contributed by atoms with Crippen LogP contribution in [-0.2, 0) is 4.79 Å². The second-order valence-electron chi connectivity index (χ2n) is 4.45. The Morgan fingerprint density at radius 2 is 1.71 bits per heavy atom. The molecule has 0 saturated carbocycles. The van der Waals surface area contributed by atoms with E-state index >= 15 is 0 Å². The summed E-state index contributed by atoms with van der Waals surface area (Å²) in [6, 6.07) is 9.99. The molecule has 0 bridgehead atoms. The zero-order valence-electron chi connectivity index (χ0n) is 11.3. The van der Waals surface area contributed by atoms with Crippen LogP contribution in [0.1, 0.15) is 5.56 Å². The van der Waals surface area contributed by atoms with E-state index in [-0.39, 0.29) is 5.82 Å². The van der Waals surface area contributed by atoms with Crippen LogP contribution in [0.2, 0.25) is 0 Å². The monoisotopic (exact) mass is 289 g/mol. The van der Waals surface area contributed by atoms with Crippen molar-refractivity contribution in [3.8, 4) is 0 Å². The first-order chi connectivity index (χ1) is 9.95. The lowest BCUT2D eigenvalue weighted by Crippen LogP contribution is -2.09. The standard InChI is InChI=1S/C16H13F2NO2/c1-19(14-5-3-12(17)4-6-14)15-9-11(2-7-16(20)21)8-13(18)10-15/h2-10H,1H3,(H,20,21)/b7-2+. The molecule has 3 nitrogen and oxygen atoms in total. The van der Waals surface area contributed by atoms with Crippen molar-refractivity contribution in [1.29, 1.82) is 0 Å². The average molecular weight is 289 g/mol. The minimum atomic E-state index is -1.10. The van der Waals surface area contributed by atoms with Crippen molar-refractivity contribution in [2.75, 3.05) is 11.9 Å². The number of aliphatic carboxylic acids is 1. The van der Waals surface area contributed by atoms with Gasteiger partial charge >= 0.3 is 5.97 Å². The van der Waals surface area contributed by atoms with Gasteiger partial charge in [-0.15, -0.1) is 0 Å². The molecule has 2 aromatic rings. The highest BCUT2D eigenvalue weighted by atomic mass is 19.1. The molecule has 0 atom stereocenters. The predicted octanol–water partition coefficient (Wildman–Crippen LogP) is 3.83. The summed E-state index contributed by atoms with van der Waals surface area (Å²) in [7, 11) is 1.71. The number of hydrogen-bond donors (Lipinski definition) is 1. The first-order valence-corrected chi connectivity index (χ1v) is 6.16. The van der Waals surface area contributed by atoms with Gasteiger partial charge in [0.05, 0.1) is 0 Å². The second kappa shape index (κ2) is 6.17. The fourth-order valence-electron chi connectivity index (χ4n) is 1.87. The van der Waals surface area contributed by atoms with Crippen molar-refractivity contribution >= 4 is 23.4 Å². The highest BCUT2D eigenvalue weighted by Crippen LogP contribution is 2.26. The summed E-state index contributed by atoms with van der Waals surface area (Å²) in [5.41, 5.74) is 1.66. The molecule has 0 radical (unpaired) electrons. The average Bonchev–Trinajstić information content (AvgIpc) is 2.44. The number of nitrogens with zero attached hydrogens (tertiary/aromatic N) is 1. The molecule has 0 aliphatic heterocycles. The summed E-state index contributed by atoms with van der Waals surface area (Å²) in [5, 5.41) is 8.60. The van der Waals surface area contributed by atoms with Crippen molar-refractivity contribution in [1.82, 2.24) is 0 Å². The molecule has 0 spiro atoms. The van der Waals surface area contributed by atoms with E-state index < -0.39 is 11.8 Å². The van der Waals surface area contributed by atoms with Crippen LogP contribution < -0.4 is 4.90 Å². The quantitative estimate of drug-likeness (QED) is 0.870. The summed E-state index contributed by atoms with van der Waals surface area (Å²) < 4.78 is 26.5. The summed E-state index contributed by atoms with van der Waals surface area (Å²) in [6.07, 6.45) is 2.25. The summed E-state index contributed by atoms with van der Waals surface area (Å²) in [4.78, 5) is 12.2. The van der Waals surface area contributed by atoms with Crippen molar-refractivity contribution in [3.05, 3.63) is 65.7 Å². The van der Waals surface area contributed by atoms with Crippen LogP contribution in [0.15, 0.2) is 48.5 Å². The predicted molar refractivity (Wildman–Crippen MR) is 77.5 cm³/mol. The van der Waals surface area contributed by atoms with Gasteiger partial charge in [-0.05, 0) is 54.1 Å². The van der Waals surface area contributed by atoms with Gasteiger partial charge in [0.25, 0.3) is 0 Å². The third-order valence-electron chi connectivity index (χ3n) is 2.92. The summed E-state index contributed by atoms with van der Waals surface area (Å²) in [6.45, 7) is 0. The summed E-state index contributed by atoms with van der Waals surface area (Å²) in [5.74, 6) is -1.93. The molecule has 0 fully saturated rings. The van der Waals surface area contributed by atoms with Crippen LogP contribution in [0.25, 0.3) is 6.08 Å². The zero-order valence-corrected chi connectivity index (χ0v) is 11.3. The van der Waals surface area contributed by atoms with Crippen LogP contribution in [0.5, 0.6) is 0 Å². The molecule has 0 amide bonds.